The number of nitrogens with zero attached hydrogens (tertiary/aromatic N) is 3. The highest BCUT2D eigenvalue weighted by molar-refractivity contribution is 5.90. The summed E-state index contributed by atoms with van der Waals surface area (Å²) in [5, 5.41) is 5.85. The monoisotopic (exact) mass is 267 g/mol. The zero-order valence-corrected chi connectivity index (χ0v) is 10.0. The second-order valence-corrected chi connectivity index (χ2v) is 3.90. The van der Waals surface area contributed by atoms with Crippen molar-refractivity contribution in [3.8, 4) is 0 Å². The minimum Gasteiger partial charge on any atom is -0.367 e. The van der Waals surface area contributed by atoms with E-state index in [4.69, 9.17) is 5.73 Å². The Morgan fingerprint density at radius 3 is 2.84 bits per heavy atom. The Balaban J connectivity index is 2.13. The minimum absolute atomic E-state index is 0.0146. The molecule has 2 rings (SSSR count). The standard InChI is InChI=1S/C11H11F2N5O/c1-6-2-3-7(12)10(9(6)13)16-8(19)4-18-5-15-11(14)17-18/h2-3,5H,4H2,1H3,(H2,14,17)(H,16,19). The zero-order valence-electron chi connectivity index (χ0n) is 10.0. The second kappa shape index (κ2) is 5.01. The Morgan fingerprint density at radius 2 is 2.21 bits per heavy atom. The van der Waals surface area contributed by atoms with E-state index in [0.29, 0.717) is 0 Å². The summed E-state index contributed by atoms with van der Waals surface area (Å²) in [6.45, 7) is 1.24. The van der Waals surface area contributed by atoms with Crippen molar-refractivity contribution in [1.82, 2.24) is 14.8 Å². The van der Waals surface area contributed by atoms with E-state index in [9.17, 15) is 13.6 Å². The van der Waals surface area contributed by atoms with Crippen molar-refractivity contribution in [2.45, 2.75) is 13.5 Å². The molecule has 0 unspecified atom stereocenters. The Kier molecular flexibility index (Phi) is 3.41. The number of carbonyl (C=O) groups excluding carboxylic acids is 1. The summed E-state index contributed by atoms with van der Waals surface area (Å²) >= 11 is 0. The Labute approximate surface area is 107 Å². The first-order valence-corrected chi connectivity index (χ1v) is 5.36. The van der Waals surface area contributed by atoms with E-state index in [1.165, 1.54) is 19.3 Å². The van der Waals surface area contributed by atoms with Crippen molar-refractivity contribution in [3.63, 3.8) is 0 Å². The van der Waals surface area contributed by atoms with Gasteiger partial charge in [0.05, 0.1) is 0 Å². The average Bonchev–Trinajstić information content (AvgIpc) is 2.75. The van der Waals surface area contributed by atoms with Crippen molar-refractivity contribution in [1.29, 1.82) is 0 Å². The number of aromatic nitrogens is 3. The zero-order chi connectivity index (χ0) is 14.0. The van der Waals surface area contributed by atoms with Crippen LogP contribution in [0.25, 0.3) is 0 Å². The van der Waals surface area contributed by atoms with Crippen molar-refractivity contribution in [3.05, 3.63) is 35.7 Å². The first-order valence-electron chi connectivity index (χ1n) is 5.36. The highest BCUT2D eigenvalue weighted by atomic mass is 19.1. The van der Waals surface area contributed by atoms with E-state index in [1.807, 2.05) is 0 Å². The number of nitrogen functional groups attached to an aromatic ring is 1. The van der Waals surface area contributed by atoms with E-state index < -0.39 is 23.2 Å². The van der Waals surface area contributed by atoms with Crippen molar-refractivity contribution in [2.75, 3.05) is 11.1 Å². The van der Waals surface area contributed by atoms with Gasteiger partial charge in [0.1, 0.15) is 24.4 Å². The number of aryl methyl sites for hydroxylation is 1. The van der Waals surface area contributed by atoms with Crippen LogP contribution in [-0.4, -0.2) is 20.7 Å². The average molecular weight is 267 g/mol. The molecule has 0 aliphatic carbocycles. The number of amides is 1. The first kappa shape index (κ1) is 12.9. The number of carbonyl (C=O) groups is 1. The van der Waals surface area contributed by atoms with Gasteiger partial charge in [0.2, 0.25) is 11.9 Å². The molecule has 1 aromatic carbocycles. The molecule has 0 atom stereocenters. The number of rotatable bonds is 3. The summed E-state index contributed by atoms with van der Waals surface area (Å²) in [6.07, 6.45) is 1.25. The maximum absolute atomic E-state index is 13.7. The summed E-state index contributed by atoms with van der Waals surface area (Å²) in [5.74, 6) is -2.25. The topological polar surface area (TPSA) is 85.8 Å². The van der Waals surface area contributed by atoms with Crippen LogP contribution in [0.1, 0.15) is 5.56 Å². The Morgan fingerprint density at radius 1 is 1.47 bits per heavy atom. The molecule has 0 spiro atoms. The fourth-order valence-electron chi connectivity index (χ4n) is 1.48. The number of nitrogens with one attached hydrogen (secondary N) is 1. The van der Waals surface area contributed by atoms with Crippen LogP contribution in [0.5, 0.6) is 0 Å². The van der Waals surface area contributed by atoms with Gasteiger partial charge in [-0.25, -0.2) is 18.4 Å². The lowest BCUT2D eigenvalue weighted by Gasteiger charge is -2.09. The summed E-state index contributed by atoms with van der Waals surface area (Å²) in [6, 6.07) is 2.37. The molecule has 0 bridgehead atoms. The van der Waals surface area contributed by atoms with Gasteiger partial charge in [0.25, 0.3) is 0 Å². The molecule has 0 aliphatic rings. The summed E-state index contributed by atoms with van der Waals surface area (Å²) in [4.78, 5) is 15.3. The van der Waals surface area contributed by atoms with E-state index in [-0.39, 0.29) is 18.1 Å². The maximum atomic E-state index is 13.7. The number of benzene rings is 1. The van der Waals surface area contributed by atoms with E-state index in [1.54, 1.807) is 0 Å². The number of anilines is 2. The van der Waals surface area contributed by atoms with E-state index in [2.05, 4.69) is 15.4 Å². The third kappa shape index (κ3) is 2.84. The number of halogens is 2. The number of hydrogen-bond donors (Lipinski definition) is 2. The molecule has 0 saturated heterocycles. The maximum Gasteiger partial charge on any atom is 0.246 e. The van der Waals surface area contributed by atoms with Crippen molar-refractivity contribution < 1.29 is 13.6 Å². The molecule has 8 heteroatoms. The number of hydrogen-bond acceptors (Lipinski definition) is 4. The second-order valence-electron chi connectivity index (χ2n) is 3.90. The third-order valence-corrected chi connectivity index (χ3v) is 2.41. The number of nitrogens with two attached hydrogens (primary N) is 1. The van der Waals surface area contributed by atoms with Gasteiger partial charge < -0.3 is 11.1 Å². The lowest BCUT2D eigenvalue weighted by Crippen LogP contribution is -2.20. The SMILES string of the molecule is Cc1ccc(F)c(NC(=O)Cn2cnc(N)n2)c1F. The quantitative estimate of drug-likeness (QED) is 0.871. The third-order valence-electron chi connectivity index (χ3n) is 2.41. The molecule has 0 fully saturated rings. The Hall–Kier alpha value is -2.51. The molecule has 100 valence electrons. The van der Waals surface area contributed by atoms with Crippen LogP contribution >= 0.6 is 0 Å². The Bertz CT molecular complexity index is 626. The van der Waals surface area contributed by atoms with E-state index >= 15 is 0 Å². The van der Waals surface area contributed by atoms with Crippen LogP contribution in [0, 0.1) is 18.6 Å². The molecule has 0 saturated carbocycles. The van der Waals surface area contributed by atoms with Crippen LogP contribution in [0.15, 0.2) is 18.5 Å². The highest BCUT2D eigenvalue weighted by Crippen LogP contribution is 2.21. The summed E-state index contributed by atoms with van der Waals surface area (Å²) in [7, 11) is 0. The normalized spacial score (nSPS) is 10.5. The van der Waals surface area contributed by atoms with Gasteiger partial charge in [-0.15, -0.1) is 5.10 Å². The molecule has 1 aromatic heterocycles. The molecular weight excluding hydrogens is 256 g/mol. The minimum atomic E-state index is -0.838. The largest absolute Gasteiger partial charge is 0.367 e. The smallest absolute Gasteiger partial charge is 0.246 e. The van der Waals surface area contributed by atoms with Crippen LogP contribution < -0.4 is 11.1 Å². The lowest BCUT2D eigenvalue weighted by molar-refractivity contribution is -0.116. The molecular formula is C11H11F2N5O. The molecule has 1 amide bonds. The summed E-state index contributed by atoms with van der Waals surface area (Å²) < 4.78 is 28.2. The fourth-order valence-corrected chi connectivity index (χ4v) is 1.48. The summed E-state index contributed by atoms with van der Waals surface area (Å²) in [5.41, 5.74) is 5.04. The predicted octanol–water partition coefficient (Wildman–Crippen LogP) is 1.09. The molecule has 6 nitrogen and oxygen atoms in total. The molecule has 0 aliphatic heterocycles. The van der Waals surface area contributed by atoms with Crippen LogP contribution in [0.2, 0.25) is 0 Å². The first-order chi connectivity index (χ1) is 8.97. The molecule has 1 heterocycles. The molecule has 2 aromatic rings. The molecule has 0 radical (unpaired) electrons. The molecule has 19 heavy (non-hydrogen) atoms. The highest BCUT2D eigenvalue weighted by Gasteiger charge is 2.14. The van der Waals surface area contributed by atoms with Crippen LogP contribution in [0.3, 0.4) is 0 Å². The van der Waals surface area contributed by atoms with Gasteiger partial charge in [-0.1, -0.05) is 6.07 Å². The van der Waals surface area contributed by atoms with E-state index in [0.717, 1.165) is 10.7 Å². The van der Waals surface area contributed by atoms with Gasteiger partial charge in [0, 0.05) is 0 Å². The van der Waals surface area contributed by atoms with Gasteiger partial charge >= 0.3 is 0 Å². The van der Waals surface area contributed by atoms with Crippen LogP contribution in [-0.2, 0) is 11.3 Å². The van der Waals surface area contributed by atoms with Gasteiger partial charge in [0.15, 0.2) is 5.82 Å². The van der Waals surface area contributed by atoms with Crippen LogP contribution in [0.4, 0.5) is 20.4 Å². The lowest BCUT2D eigenvalue weighted by atomic mass is 10.2. The van der Waals surface area contributed by atoms with Gasteiger partial charge in [-0.05, 0) is 18.6 Å². The van der Waals surface area contributed by atoms with Gasteiger partial charge in [-0.2, -0.15) is 0 Å². The van der Waals surface area contributed by atoms with Gasteiger partial charge in [-0.3, -0.25) is 4.79 Å². The van der Waals surface area contributed by atoms with Crippen molar-refractivity contribution in [2.24, 2.45) is 0 Å². The molecule has 3 N–H and O–H groups in total. The fraction of sp³-hybridized carbons (Fsp3) is 0.182. The van der Waals surface area contributed by atoms with Crippen molar-refractivity contribution >= 4 is 17.5 Å². The predicted molar refractivity (Wildman–Crippen MR) is 64.2 cm³/mol.